The van der Waals surface area contributed by atoms with Crippen LogP contribution >= 0.6 is 0 Å². The lowest BCUT2D eigenvalue weighted by atomic mass is 9.83. The summed E-state index contributed by atoms with van der Waals surface area (Å²) in [6.07, 6.45) is 3.59. The number of methoxy groups -OCH3 is 2. The summed E-state index contributed by atoms with van der Waals surface area (Å²) in [5, 5.41) is 0. The number of pyridine rings is 1. The molecule has 0 saturated carbocycles. The fraction of sp³-hybridized carbons (Fsp3) is 0.591. The van der Waals surface area contributed by atoms with Crippen molar-refractivity contribution in [1.29, 1.82) is 0 Å². The molecule has 0 unspecified atom stereocenters. The van der Waals surface area contributed by atoms with E-state index in [4.69, 9.17) is 9.47 Å². The lowest BCUT2D eigenvalue weighted by molar-refractivity contribution is 0.275. The van der Waals surface area contributed by atoms with Crippen molar-refractivity contribution in [1.82, 2.24) is 19.4 Å². The molecule has 0 aliphatic carbocycles. The summed E-state index contributed by atoms with van der Waals surface area (Å²) >= 11 is 0. The van der Waals surface area contributed by atoms with Gasteiger partial charge in [-0.05, 0) is 44.3 Å². The number of hydrogen-bond donors (Lipinski definition) is 0. The van der Waals surface area contributed by atoms with Crippen molar-refractivity contribution in [2.24, 2.45) is 5.92 Å². The van der Waals surface area contributed by atoms with Gasteiger partial charge in [-0.3, -0.25) is 9.69 Å². The molecule has 3 aliphatic heterocycles. The zero-order valence-electron chi connectivity index (χ0n) is 17.7. The fourth-order valence-corrected chi connectivity index (χ4v) is 5.23. The van der Waals surface area contributed by atoms with Crippen molar-refractivity contribution in [3.8, 4) is 11.9 Å². The highest BCUT2D eigenvalue weighted by Crippen LogP contribution is 2.37. The smallest absolute Gasteiger partial charge is 0.321 e. The third kappa shape index (κ3) is 3.53. The van der Waals surface area contributed by atoms with Gasteiger partial charge in [0.2, 0.25) is 5.88 Å². The highest BCUT2D eigenvalue weighted by molar-refractivity contribution is 5.45. The summed E-state index contributed by atoms with van der Waals surface area (Å²) in [7, 11) is 3.16. The maximum Gasteiger partial charge on any atom is 0.321 e. The van der Waals surface area contributed by atoms with E-state index in [-0.39, 0.29) is 5.56 Å². The normalized spacial score (nSPS) is 23.3. The van der Waals surface area contributed by atoms with Crippen molar-refractivity contribution < 1.29 is 9.47 Å². The Labute approximate surface area is 176 Å². The van der Waals surface area contributed by atoms with E-state index < -0.39 is 0 Å². The first kappa shape index (κ1) is 19.4. The molecule has 0 N–H and O–H groups in total. The van der Waals surface area contributed by atoms with Gasteiger partial charge in [-0.2, -0.15) is 9.97 Å². The molecule has 5 rings (SSSR count). The molecule has 2 aromatic heterocycles. The lowest BCUT2D eigenvalue weighted by Crippen LogP contribution is -2.48. The number of hydrogen-bond acceptors (Lipinski definition) is 7. The summed E-state index contributed by atoms with van der Waals surface area (Å²) in [6, 6.07) is 6.40. The standard InChI is InChI=1S/C22H29N5O3/c1-29-20-10-19(23-22(24-20)30-2)26-11-15-9-17(14-26)18-6-5-16(21(28)27(18)12-15)13-25-7-3-4-8-25/h5-6,10,15,17H,3-4,7-9,11-14H2,1-2H3/t15-,17+/m0/s1. The molecule has 2 aromatic rings. The molecule has 2 atom stereocenters. The van der Waals surface area contributed by atoms with Crippen LogP contribution in [0, 0.1) is 5.92 Å². The Bertz CT molecular complexity index is 963. The summed E-state index contributed by atoms with van der Waals surface area (Å²) in [5.41, 5.74) is 2.29. The van der Waals surface area contributed by atoms with Crippen LogP contribution in [0.5, 0.6) is 11.9 Å². The van der Waals surface area contributed by atoms with E-state index in [2.05, 4.69) is 31.9 Å². The summed E-state index contributed by atoms with van der Waals surface area (Å²) in [5.74, 6) is 2.05. The third-order valence-corrected chi connectivity index (χ3v) is 6.66. The van der Waals surface area contributed by atoms with Gasteiger partial charge in [0.1, 0.15) is 5.82 Å². The first-order valence-corrected chi connectivity index (χ1v) is 10.8. The minimum Gasteiger partial charge on any atom is -0.481 e. The van der Waals surface area contributed by atoms with Crippen LogP contribution < -0.4 is 19.9 Å². The van der Waals surface area contributed by atoms with E-state index in [0.29, 0.717) is 23.7 Å². The molecule has 2 saturated heterocycles. The molecule has 8 nitrogen and oxygen atoms in total. The molecule has 2 fully saturated rings. The average Bonchev–Trinajstić information content (AvgIpc) is 3.28. The van der Waals surface area contributed by atoms with Crippen LogP contribution in [0.15, 0.2) is 23.0 Å². The predicted molar refractivity (Wildman–Crippen MR) is 113 cm³/mol. The maximum atomic E-state index is 13.2. The van der Waals surface area contributed by atoms with Crippen molar-refractivity contribution in [2.75, 3.05) is 45.3 Å². The molecule has 0 radical (unpaired) electrons. The molecule has 5 heterocycles. The second-order valence-electron chi connectivity index (χ2n) is 8.64. The Morgan fingerprint density at radius 3 is 2.67 bits per heavy atom. The average molecular weight is 412 g/mol. The SMILES string of the molecule is COc1cc(N2C[C@@H]3C[C@H](C2)c2ccc(CN4CCCC4)c(=O)n2C3)nc(OC)n1. The van der Waals surface area contributed by atoms with Crippen molar-refractivity contribution in [3.05, 3.63) is 39.8 Å². The topological polar surface area (TPSA) is 72.7 Å². The summed E-state index contributed by atoms with van der Waals surface area (Å²) < 4.78 is 12.6. The second-order valence-corrected chi connectivity index (χ2v) is 8.64. The van der Waals surface area contributed by atoms with Crippen LogP contribution in [0.3, 0.4) is 0 Å². The number of piperidine rings is 1. The van der Waals surface area contributed by atoms with Crippen LogP contribution in [0.4, 0.5) is 5.82 Å². The van der Waals surface area contributed by atoms with Crippen LogP contribution in [0.2, 0.25) is 0 Å². The lowest BCUT2D eigenvalue weighted by Gasteiger charge is -2.43. The molecule has 0 spiro atoms. The van der Waals surface area contributed by atoms with E-state index in [1.54, 1.807) is 14.2 Å². The van der Waals surface area contributed by atoms with E-state index in [1.807, 2.05) is 10.6 Å². The van der Waals surface area contributed by atoms with Gasteiger partial charge in [-0.1, -0.05) is 6.07 Å². The minimum atomic E-state index is 0.202. The summed E-state index contributed by atoms with van der Waals surface area (Å²) in [6.45, 7) is 5.45. The van der Waals surface area contributed by atoms with E-state index >= 15 is 0 Å². The van der Waals surface area contributed by atoms with E-state index in [0.717, 1.165) is 62.8 Å². The predicted octanol–water partition coefficient (Wildman–Crippen LogP) is 1.87. The molecule has 0 amide bonds. The summed E-state index contributed by atoms with van der Waals surface area (Å²) in [4.78, 5) is 26.6. The van der Waals surface area contributed by atoms with Crippen LogP contribution in [0.25, 0.3) is 0 Å². The third-order valence-electron chi connectivity index (χ3n) is 6.66. The van der Waals surface area contributed by atoms with E-state index in [1.165, 1.54) is 12.8 Å². The zero-order chi connectivity index (χ0) is 20.7. The first-order valence-electron chi connectivity index (χ1n) is 10.8. The highest BCUT2D eigenvalue weighted by atomic mass is 16.5. The number of aromatic nitrogens is 3. The molecule has 0 aromatic carbocycles. The number of anilines is 1. The Morgan fingerprint density at radius 1 is 1.07 bits per heavy atom. The quantitative estimate of drug-likeness (QED) is 0.744. The Morgan fingerprint density at radius 2 is 1.90 bits per heavy atom. The number of likely N-dealkylation sites (tertiary alicyclic amines) is 1. The fourth-order valence-electron chi connectivity index (χ4n) is 5.23. The monoisotopic (exact) mass is 411 g/mol. The molecular formula is C22H29N5O3. The highest BCUT2D eigenvalue weighted by Gasteiger charge is 2.36. The van der Waals surface area contributed by atoms with Crippen LogP contribution in [-0.4, -0.2) is 59.8 Å². The molecule has 3 aliphatic rings. The minimum absolute atomic E-state index is 0.202. The molecule has 30 heavy (non-hydrogen) atoms. The Kier molecular flexibility index (Phi) is 5.10. The van der Waals surface area contributed by atoms with Crippen LogP contribution in [-0.2, 0) is 13.1 Å². The second kappa shape index (κ2) is 7.91. The van der Waals surface area contributed by atoms with Crippen molar-refractivity contribution >= 4 is 5.82 Å². The van der Waals surface area contributed by atoms with Gasteiger partial charge in [0.05, 0.1) is 14.2 Å². The number of fused-ring (bicyclic) bond motifs is 4. The van der Waals surface area contributed by atoms with Gasteiger partial charge in [-0.25, -0.2) is 0 Å². The Hall–Kier alpha value is -2.61. The first-order chi connectivity index (χ1) is 14.6. The maximum absolute atomic E-state index is 13.2. The van der Waals surface area contributed by atoms with Crippen molar-refractivity contribution in [2.45, 2.75) is 38.3 Å². The van der Waals surface area contributed by atoms with Gasteiger partial charge in [0, 0.05) is 49.4 Å². The largest absolute Gasteiger partial charge is 0.481 e. The zero-order valence-corrected chi connectivity index (χ0v) is 17.7. The number of rotatable bonds is 5. The van der Waals surface area contributed by atoms with Crippen LogP contribution in [0.1, 0.15) is 36.4 Å². The Balaban J connectivity index is 1.41. The molecule has 8 heteroatoms. The van der Waals surface area contributed by atoms with Gasteiger partial charge >= 0.3 is 6.01 Å². The molecule has 160 valence electrons. The van der Waals surface area contributed by atoms with Gasteiger partial charge in [0.15, 0.2) is 0 Å². The number of ether oxygens (including phenoxy) is 2. The van der Waals surface area contributed by atoms with E-state index in [9.17, 15) is 4.79 Å². The van der Waals surface area contributed by atoms with Gasteiger partial charge in [-0.15, -0.1) is 0 Å². The van der Waals surface area contributed by atoms with Gasteiger partial charge < -0.3 is 18.9 Å². The molecule has 2 bridgehead atoms. The number of nitrogens with zero attached hydrogens (tertiary/aromatic N) is 5. The van der Waals surface area contributed by atoms with Crippen molar-refractivity contribution in [3.63, 3.8) is 0 Å². The molecular weight excluding hydrogens is 382 g/mol. The van der Waals surface area contributed by atoms with Gasteiger partial charge in [0.25, 0.3) is 5.56 Å².